The number of rotatable bonds is 7. The number of aryl methyl sites for hydroxylation is 1. The monoisotopic (exact) mass is 390 g/mol. The SMILES string of the molecule is CC1(C)OC(C=O)CC(CC2CC(CCCc3ccccc3)OC(C)(C)O2)O1. The molecule has 4 atom stereocenters. The summed E-state index contributed by atoms with van der Waals surface area (Å²) in [6.07, 6.45) is 5.97. The second-order valence-corrected chi connectivity index (χ2v) is 8.90. The summed E-state index contributed by atoms with van der Waals surface area (Å²) in [7, 11) is 0. The van der Waals surface area contributed by atoms with Crippen LogP contribution in [-0.4, -0.2) is 42.3 Å². The molecule has 0 N–H and O–H groups in total. The maximum absolute atomic E-state index is 11.2. The molecule has 5 nitrogen and oxygen atoms in total. The molecule has 0 radical (unpaired) electrons. The fraction of sp³-hybridized carbons (Fsp3) is 0.696. The molecule has 0 bridgehead atoms. The third-order valence-electron chi connectivity index (χ3n) is 5.32. The normalized spacial score (nSPS) is 32.0. The number of carbonyl (C=O) groups is 1. The lowest BCUT2D eigenvalue weighted by atomic mass is 9.95. The van der Waals surface area contributed by atoms with Crippen molar-refractivity contribution in [2.75, 3.05) is 0 Å². The van der Waals surface area contributed by atoms with E-state index in [1.54, 1.807) is 0 Å². The molecule has 0 spiro atoms. The number of hydrogen-bond donors (Lipinski definition) is 0. The minimum Gasteiger partial charge on any atom is -0.347 e. The van der Waals surface area contributed by atoms with E-state index in [0.717, 1.165) is 38.4 Å². The van der Waals surface area contributed by atoms with Gasteiger partial charge in [0.15, 0.2) is 11.6 Å². The van der Waals surface area contributed by atoms with Gasteiger partial charge in [-0.15, -0.1) is 0 Å². The van der Waals surface area contributed by atoms with Crippen LogP contribution in [-0.2, 0) is 30.2 Å². The van der Waals surface area contributed by atoms with Gasteiger partial charge in [-0.05, 0) is 52.5 Å². The molecule has 0 amide bonds. The Bertz CT molecular complexity index is 627. The molecule has 0 aromatic heterocycles. The molecule has 1 aromatic rings. The molecule has 5 heteroatoms. The van der Waals surface area contributed by atoms with Crippen molar-refractivity contribution < 1.29 is 23.7 Å². The van der Waals surface area contributed by atoms with Gasteiger partial charge in [0.2, 0.25) is 0 Å². The van der Waals surface area contributed by atoms with E-state index in [1.807, 2.05) is 33.8 Å². The largest absolute Gasteiger partial charge is 0.347 e. The zero-order valence-electron chi connectivity index (χ0n) is 17.6. The van der Waals surface area contributed by atoms with Gasteiger partial charge in [-0.2, -0.15) is 0 Å². The summed E-state index contributed by atoms with van der Waals surface area (Å²) in [5, 5.41) is 0. The lowest BCUT2D eigenvalue weighted by Gasteiger charge is -2.44. The van der Waals surface area contributed by atoms with Crippen LogP contribution in [0, 0.1) is 0 Å². The first-order chi connectivity index (χ1) is 13.2. The van der Waals surface area contributed by atoms with Crippen molar-refractivity contribution in [1.29, 1.82) is 0 Å². The Morgan fingerprint density at radius 2 is 1.50 bits per heavy atom. The van der Waals surface area contributed by atoms with Gasteiger partial charge in [-0.1, -0.05) is 30.3 Å². The lowest BCUT2D eigenvalue weighted by Crippen LogP contribution is -2.49. The van der Waals surface area contributed by atoms with Crippen LogP contribution < -0.4 is 0 Å². The van der Waals surface area contributed by atoms with Gasteiger partial charge in [-0.25, -0.2) is 0 Å². The second-order valence-electron chi connectivity index (χ2n) is 8.90. The van der Waals surface area contributed by atoms with Gasteiger partial charge in [0.1, 0.15) is 12.4 Å². The van der Waals surface area contributed by atoms with E-state index in [-0.39, 0.29) is 18.3 Å². The molecule has 1 aromatic carbocycles. The Balaban J connectivity index is 1.53. The fourth-order valence-corrected chi connectivity index (χ4v) is 4.39. The molecule has 2 aliphatic rings. The van der Waals surface area contributed by atoms with Crippen LogP contribution in [0.3, 0.4) is 0 Å². The first kappa shape index (κ1) is 21.4. The number of hydrogen-bond acceptors (Lipinski definition) is 5. The molecule has 2 heterocycles. The minimum atomic E-state index is -0.746. The molecule has 2 fully saturated rings. The van der Waals surface area contributed by atoms with Gasteiger partial charge in [0, 0.05) is 19.3 Å². The van der Waals surface area contributed by atoms with Crippen LogP contribution in [0.1, 0.15) is 65.4 Å². The van der Waals surface area contributed by atoms with Gasteiger partial charge in [0.05, 0.1) is 18.3 Å². The molecule has 0 saturated carbocycles. The van der Waals surface area contributed by atoms with Gasteiger partial charge >= 0.3 is 0 Å². The third-order valence-corrected chi connectivity index (χ3v) is 5.32. The van der Waals surface area contributed by atoms with Crippen LogP contribution in [0.15, 0.2) is 30.3 Å². The van der Waals surface area contributed by atoms with Crippen molar-refractivity contribution in [1.82, 2.24) is 0 Å². The van der Waals surface area contributed by atoms with E-state index < -0.39 is 17.7 Å². The quantitative estimate of drug-likeness (QED) is 0.645. The van der Waals surface area contributed by atoms with Crippen molar-refractivity contribution in [3.63, 3.8) is 0 Å². The van der Waals surface area contributed by atoms with Crippen molar-refractivity contribution in [2.45, 2.75) is 102 Å². The first-order valence-electron chi connectivity index (χ1n) is 10.5. The van der Waals surface area contributed by atoms with Crippen LogP contribution in [0.4, 0.5) is 0 Å². The van der Waals surface area contributed by atoms with Crippen molar-refractivity contribution in [2.24, 2.45) is 0 Å². The summed E-state index contributed by atoms with van der Waals surface area (Å²) >= 11 is 0. The van der Waals surface area contributed by atoms with Gasteiger partial charge in [-0.3, -0.25) is 0 Å². The van der Waals surface area contributed by atoms with E-state index in [0.29, 0.717) is 6.42 Å². The van der Waals surface area contributed by atoms with Crippen LogP contribution in [0.5, 0.6) is 0 Å². The van der Waals surface area contributed by atoms with Crippen LogP contribution in [0.25, 0.3) is 0 Å². The maximum Gasteiger partial charge on any atom is 0.164 e. The molecular formula is C23H34O5. The molecular weight excluding hydrogens is 356 g/mol. The Morgan fingerprint density at radius 3 is 2.18 bits per heavy atom. The highest BCUT2D eigenvalue weighted by Gasteiger charge is 2.40. The molecule has 2 aliphatic heterocycles. The highest BCUT2D eigenvalue weighted by molar-refractivity contribution is 5.56. The average Bonchev–Trinajstić information content (AvgIpc) is 2.60. The Hall–Kier alpha value is -1.27. The molecule has 4 unspecified atom stereocenters. The van der Waals surface area contributed by atoms with Crippen molar-refractivity contribution >= 4 is 6.29 Å². The molecule has 156 valence electrons. The van der Waals surface area contributed by atoms with Gasteiger partial charge in [0.25, 0.3) is 0 Å². The zero-order chi connectivity index (χ0) is 20.2. The van der Waals surface area contributed by atoms with Gasteiger partial charge < -0.3 is 23.7 Å². The standard InChI is InChI=1S/C23H34O5/c1-22(2)25-18(12-8-11-17-9-6-5-7-10-17)13-19(26-22)14-20-15-21(16-24)28-23(3,4)27-20/h5-7,9-10,16,18-21H,8,11-15H2,1-4H3. The highest BCUT2D eigenvalue weighted by atomic mass is 16.7. The maximum atomic E-state index is 11.2. The number of ether oxygens (including phenoxy) is 4. The summed E-state index contributed by atoms with van der Waals surface area (Å²) in [4.78, 5) is 11.2. The van der Waals surface area contributed by atoms with E-state index in [4.69, 9.17) is 18.9 Å². The summed E-state index contributed by atoms with van der Waals surface area (Å²) in [6, 6.07) is 10.6. The summed E-state index contributed by atoms with van der Waals surface area (Å²) in [6.45, 7) is 7.67. The highest BCUT2D eigenvalue weighted by Crippen LogP contribution is 2.35. The van der Waals surface area contributed by atoms with Crippen molar-refractivity contribution in [3.8, 4) is 0 Å². The van der Waals surface area contributed by atoms with Crippen LogP contribution in [0.2, 0.25) is 0 Å². The number of aldehydes is 1. The molecule has 28 heavy (non-hydrogen) atoms. The summed E-state index contributed by atoms with van der Waals surface area (Å²) in [5.74, 6) is -1.35. The van der Waals surface area contributed by atoms with Crippen LogP contribution >= 0.6 is 0 Å². The molecule has 0 aliphatic carbocycles. The third kappa shape index (κ3) is 6.38. The second kappa shape index (κ2) is 9.04. The fourth-order valence-electron chi connectivity index (χ4n) is 4.39. The Kier molecular flexibility index (Phi) is 6.92. The summed E-state index contributed by atoms with van der Waals surface area (Å²) in [5.41, 5.74) is 1.36. The van der Waals surface area contributed by atoms with E-state index >= 15 is 0 Å². The predicted molar refractivity (Wildman–Crippen MR) is 107 cm³/mol. The summed E-state index contributed by atoms with van der Waals surface area (Å²) < 4.78 is 24.0. The first-order valence-corrected chi connectivity index (χ1v) is 10.5. The smallest absolute Gasteiger partial charge is 0.164 e. The predicted octanol–water partition coefficient (Wildman–Crippen LogP) is 4.42. The molecule has 2 saturated heterocycles. The van der Waals surface area contributed by atoms with E-state index in [1.165, 1.54) is 5.56 Å². The lowest BCUT2D eigenvalue weighted by molar-refractivity contribution is -0.321. The zero-order valence-corrected chi connectivity index (χ0v) is 17.6. The molecule has 3 rings (SSSR count). The van der Waals surface area contributed by atoms with E-state index in [9.17, 15) is 4.79 Å². The minimum absolute atomic E-state index is 0.0525. The Labute approximate surface area is 168 Å². The van der Waals surface area contributed by atoms with Crippen molar-refractivity contribution in [3.05, 3.63) is 35.9 Å². The topological polar surface area (TPSA) is 54.0 Å². The van der Waals surface area contributed by atoms with E-state index in [2.05, 4.69) is 24.3 Å². The number of carbonyl (C=O) groups excluding carboxylic acids is 1. The Morgan fingerprint density at radius 1 is 0.893 bits per heavy atom. The number of benzene rings is 1. The average molecular weight is 391 g/mol.